The Balaban J connectivity index is 1.78. The van der Waals surface area contributed by atoms with Crippen LogP contribution in [0, 0.1) is 6.92 Å². The molecular weight excluding hydrogens is 256 g/mol. The SMILES string of the molecule is Cc1cnc(C(C)n2ccnc2NC2CCCC2)s1. The van der Waals surface area contributed by atoms with Gasteiger partial charge in [-0.05, 0) is 26.7 Å². The van der Waals surface area contributed by atoms with Crippen LogP contribution in [0.5, 0.6) is 0 Å². The number of imidazole rings is 1. The fourth-order valence-electron chi connectivity index (χ4n) is 2.67. The molecular formula is C14H20N4S. The summed E-state index contributed by atoms with van der Waals surface area (Å²) in [7, 11) is 0. The molecule has 0 saturated heterocycles. The van der Waals surface area contributed by atoms with Crippen LogP contribution in [0.15, 0.2) is 18.6 Å². The molecule has 0 aliphatic heterocycles. The van der Waals surface area contributed by atoms with E-state index in [-0.39, 0.29) is 6.04 Å². The molecule has 0 amide bonds. The maximum atomic E-state index is 4.49. The van der Waals surface area contributed by atoms with E-state index >= 15 is 0 Å². The average Bonchev–Trinajstić information content (AvgIpc) is 3.10. The van der Waals surface area contributed by atoms with Crippen molar-refractivity contribution in [3.05, 3.63) is 28.5 Å². The number of anilines is 1. The molecule has 19 heavy (non-hydrogen) atoms. The van der Waals surface area contributed by atoms with Crippen LogP contribution in [0.4, 0.5) is 5.95 Å². The molecule has 1 fully saturated rings. The van der Waals surface area contributed by atoms with E-state index in [2.05, 4.69) is 33.7 Å². The van der Waals surface area contributed by atoms with E-state index in [1.165, 1.54) is 30.6 Å². The van der Waals surface area contributed by atoms with Gasteiger partial charge in [-0.2, -0.15) is 0 Å². The van der Waals surface area contributed by atoms with Gasteiger partial charge in [-0.25, -0.2) is 9.97 Å². The summed E-state index contributed by atoms with van der Waals surface area (Å²) in [4.78, 5) is 10.2. The highest BCUT2D eigenvalue weighted by atomic mass is 32.1. The van der Waals surface area contributed by atoms with Crippen molar-refractivity contribution in [1.29, 1.82) is 0 Å². The van der Waals surface area contributed by atoms with Gasteiger partial charge in [-0.3, -0.25) is 0 Å². The second-order valence-corrected chi connectivity index (χ2v) is 6.54. The molecule has 3 rings (SSSR count). The Bertz CT molecular complexity index is 539. The average molecular weight is 276 g/mol. The van der Waals surface area contributed by atoms with Crippen LogP contribution in [0.3, 0.4) is 0 Å². The van der Waals surface area contributed by atoms with Crippen molar-refractivity contribution in [1.82, 2.24) is 14.5 Å². The first-order valence-electron chi connectivity index (χ1n) is 6.96. The molecule has 1 atom stereocenters. The third-order valence-corrected chi connectivity index (χ3v) is 4.85. The molecule has 2 aromatic heterocycles. The number of nitrogens with one attached hydrogen (secondary N) is 1. The number of hydrogen-bond acceptors (Lipinski definition) is 4. The van der Waals surface area contributed by atoms with Gasteiger partial charge >= 0.3 is 0 Å². The molecule has 0 spiro atoms. The molecule has 1 unspecified atom stereocenters. The summed E-state index contributed by atoms with van der Waals surface area (Å²) in [5, 5.41) is 4.72. The predicted molar refractivity (Wildman–Crippen MR) is 78.8 cm³/mol. The molecule has 5 heteroatoms. The van der Waals surface area contributed by atoms with Crippen LogP contribution in [-0.2, 0) is 0 Å². The third-order valence-electron chi connectivity index (χ3n) is 3.77. The first kappa shape index (κ1) is 12.7. The lowest BCUT2D eigenvalue weighted by molar-refractivity contribution is 0.626. The molecule has 1 aliphatic carbocycles. The van der Waals surface area contributed by atoms with E-state index in [1.54, 1.807) is 11.3 Å². The number of aryl methyl sites for hydroxylation is 1. The van der Waals surface area contributed by atoms with Crippen LogP contribution in [0.2, 0.25) is 0 Å². The lowest BCUT2D eigenvalue weighted by atomic mass is 10.2. The Morgan fingerprint density at radius 3 is 2.84 bits per heavy atom. The minimum absolute atomic E-state index is 0.241. The zero-order valence-corrected chi connectivity index (χ0v) is 12.3. The zero-order valence-electron chi connectivity index (χ0n) is 11.5. The maximum Gasteiger partial charge on any atom is 0.203 e. The maximum absolute atomic E-state index is 4.49. The van der Waals surface area contributed by atoms with Crippen LogP contribution < -0.4 is 5.32 Å². The Labute approximate surface area is 117 Å². The van der Waals surface area contributed by atoms with E-state index in [0.717, 1.165) is 11.0 Å². The zero-order chi connectivity index (χ0) is 13.2. The van der Waals surface area contributed by atoms with E-state index in [9.17, 15) is 0 Å². The summed E-state index contributed by atoms with van der Waals surface area (Å²) in [6.45, 7) is 4.28. The molecule has 0 bridgehead atoms. The summed E-state index contributed by atoms with van der Waals surface area (Å²) in [5.74, 6) is 0.979. The van der Waals surface area contributed by atoms with Gasteiger partial charge in [0.25, 0.3) is 0 Å². The van der Waals surface area contributed by atoms with Gasteiger partial charge in [0.2, 0.25) is 5.95 Å². The number of nitrogens with zero attached hydrogens (tertiary/aromatic N) is 3. The van der Waals surface area contributed by atoms with Gasteiger partial charge in [0, 0.05) is 29.5 Å². The van der Waals surface area contributed by atoms with Crippen LogP contribution in [0.25, 0.3) is 0 Å². The molecule has 2 heterocycles. The number of hydrogen-bond donors (Lipinski definition) is 1. The molecule has 1 saturated carbocycles. The highest BCUT2D eigenvalue weighted by Crippen LogP contribution is 2.27. The minimum atomic E-state index is 0.241. The van der Waals surface area contributed by atoms with E-state index in [4.69, 9.17) is 0 Å². The smallest absolute Gasteiger partial charge is 0.203 e. The Kier molecular flexibility index (Phi) is 3.55. The molecule has 1 N–H and O–H groups in total. The van der Waals surface area contributed by atoms with E-state index < -0.39 is 0 Å². The molecule has 102 valence electrons. The second kappa shape index (κ2) is 5.33. The van der Waals surface area contributed by atoms with Crippen molar-refractivity contribution in [2.75, 3.05) is 5.32 Å². The van der Waals surface area contributed by atoms with Gasteiger partial charge in [-0.15, -0.1) is 11.3 Å². The van der Waals surface area contributed by atoms with Crippen molar-refractivity contribution < 1.29 is 0 Å². The second-order valence-electron chi connectivity index (χ2n) is 5.27. The first-order chi connectivity index (χ1) is 9.24. The highest BCUT2D eigenvalue weighted by molar-refractivity contribution is 7.11. The van der Waals surface area contributed by atoms with Crippen molar-refractivity contribution in [2.24, 2.45) is 0 Å². The summed E-state index contributed by atoms with van der Waals surface area (Å²) >= 11 is 1.76. The predicted octanol–water partition coefficient (Wildman–Crippen LogP) is 3.61. The van der Waals surface area contributed by atoms with E-state index in [1.807, 2.05) is 18.6 Å². The largest absolute Gasteiger partial charge is 0.353 e. The Hall–Kier alpha value is -1.36. The number of rotatable bonds is 4. The summed E-state index contributed by atoms with van der Waals surface area (Å²) in [6, 6.07) is 0.830. The molecule has 0 radical (unpaired) electrons. The van der Waals surface area contributed by atoms with Gasteiger partial charge in [0.1, 0.15) is 5.01 Å². The number of aromatic nitrogens is 3. The van der Waals surface area contributed by atoms with Gasteiger partial charge < -0.3 is 9.88 Å². The summed E-state index contributed by atoms with van der Waals surface area (Å²) in [6.07, 6.45) is 11.0. The van der Waals surface area contributed by atoms with Crippen molar-refractivity contribution in [3.8, 4) is 0 Å². The highest BCUT2D eigenvalue weighted by Gasteiger charge is 2.19. The van der Waals surface area contributed by atoms with Gasteiger partial charge in [0.15, 0.2) is 0 Å². The topological polar surface area (TPSA) is 42.7 Å². The van der Waals surface area contributed by atoms with Crippen molar-refractivity contribution >= 4 is 17.3 Å². The molecule has 0 aromatic carbocycles. The van der Waals surface area contributed by atoms with Crippen molar-refractivity contribution in [3.63, 3.8) is 0 Å². The van der Waals surface area contributed by atoms with Gasteiger partial charge in [0.05, 0.1) is 6.04 Å². The lowest BCUT2D eigenvalue weighted by Gasteiger charge is -2.18. The molecule has 2 aromatic rings. The monoisotopic (exact) mass is 276 g/mol. The van der Waals surface area contributed by atoms with E-state index in [0.29, 0.717) is 6.04 Å². The fourth-order valence-corrected chi connectivity index (χ4v) is 3.50. The normalized spacial score (nSPS) is 17.8. The molecule has 4 nitrogen and oxygen atoms in total. The summed E-state index contributed by atoms with van der Waals surface area (Å²) < 4.78 is 2.19. The lowest BCUT2D eigenvalue weighted by Crippen LogP contribution is -2.19. The van der Waals surface area contributed by atoms with Crippen LogP contribution >= 0.6 is 11.3 Å². The van der Waals surface area contributed by atoms with Crippen LogP contribution in [0.1, 0.15) is 48.5 Å². The first-order valence-corrected chi connectivity index (χ1v) is 7.77. The van der Waals surface area contributed by atoms with Crippen LogP contribution in [-0.4, -0.2) is 20.6 Å². The Morgan fingerprint density at radius 2 is 2.16 bits per heavy atom. The molecule has 1 aliphatic rings. The minimum Gasteiger partial charge on any atom is -0.353 e. The third kappa shape index (κ3) is 2.66. The summed E-state index contributed by atoms with van der Waals surface area (Å²) in [5.41, 5.74) is 0. The standard InChI is InChI=1S/C14H20N4S/c1-10-9-16-13(19-10)11(2)18-8-7-15-14(18)17-12-5-3-4-6-12/h7-9,11-12H,3-6H2,1-2H3,(H,15,17). The fraction of sp³-hybridized carbons (Fsp3) is 0.571. The quantitative estimate of drug-likeness (QED) is 0.927. The van der Waals surface area contributed by atoms with Crippen molar-refractivity contribution in [2.45, 2.75) is 51.6 Å². The van der Waals surface area contributed by atoms with Gasteiger partial charge in [-0.1, -0.05) is 12.8 Å². The number of thiazole rings is 1. The Morgan fingerprint density at radius 1 is 1.37 bits per heavy atom.